The fourth-order valence-electron chi connectivity index (χ4n) is 5.70. The Kier molecular flexibility index (Phi) is 7.33. The van der Waals surface area contributed by atoms with Gasteiger partial charge in [0.2, 0.25) is 5.91 Å². The van der Waals surface area contributed by atoms with Crippen molar-refractivity contribution in [2.45, 2.75) is 46.6 Å². The Balaban J connectivity index is 1.84. The number of piperazine rings is 1. The summed E-state index contributed by atoms with van der Waals surface area (Å²) in [6.45, 7) is 14.7. The molecule has 3 aromatic heterocycles. The summed E-state index contributed by atoms with van der Waals surface area (Å²) in [5, 5.41) is 0.633. The molecular weight excluding hydrogens is 521 g/mol. The van der Waals surface area contributed by atoms with Gasteiger partial charge < -0.3 is 15.5 Å². The highest BCUT2D eigenvalue weighted by molar-refractivity contribution is 5.96. The molecule has 0 radical (unpaired) electrons. The normalized spacial score (nSPS) is 15.5. The van der Waals surface area contributed by atoms with Crippen molar-refractivity contribution in [1.29, 1.82) is 0 Å². The van der Waals surface area contributed by atoms with Crippen molar-refractivity contribution in [3.63, 3.8) is 0 Å². The lowest BCUT2D eigenvalue weighted by Gasteiger charge is -2.40. The summed E-state index contributed by atoms with van der Waals surface area (Å²) in [4.78, 5) is 44.0. The Morgan fingerprint density at radius 1 is 1.20 bits per heavy atom. The van der Waals surface area contributed by atoms with Gasteiger partial charge >= 0.3 is 5.69 Å². The fourth-order valence-corrected chi connectivity index (χ4v) is 5.70. The molecule has 1 aliphatic rings. The monoisotopic (exact) mass is 555 g/mol. The first-order valence-corrected chi connectivity index (χ1v) is 13.7. The van der Waals surface area contributed by atoms with Crippen LogP contribution in [-0.2, 0) is 4.79 Å². The number of amides is 1. The number of hydrogen-bond acceptors (Lipinski definition) is 7. The second kappa shape index (κ2) is 10.8. The van der Waals surface area contributed by atoms with Crippen LogP contribution < -0.4 is 16.3 Å². The molecule has 1 saturated heterocycles. The molecule has 212 valence electrons. The first-order valence-electron chi connectivity index (χ1n) is 13.7. The van der Waals surface area contributed by atoms with Gasteiger partial charge in [-0.1, -0.05) is 26.5 Å². The van der Waals surface area contributed by atoms with Gasteiger partial charge in [0, 0.05) is 49.3 Å². The lowest BCUT2D eigenvalue weighted by Crippen LogP contribution is -2.54. The number of nitrogen functional groups attached to an aromatic ring is 1. The van der Waals surface area contributed by atoms with Crippen LogP contribution in [-0.4, -0.2) is 56.0 Å². The van der Waals surface area contributed by atoms with E-state index in [1.165, 1.54) is 12.1 Å². The van der Waals surface area contributed by atoms with Gasteiger partial charge in [0.1, 0.15) is 11.6 Å². The van der Waals surface area contributed by atoms with Crippen LogP contribution >= 0.6 is 0 Å². The van der Waals surface area contributed by atoms with Crippen molar-refractivity contribution in [1.82, 2.24) is 24.4 Å². The molecule has 5 rings (SSSR count). The molecule has 1 amide bonds. The van der Waals surface area contributed by atoms with Gasteiger partial charge in [0.15, 0.2) is 0 Å². The van der Waals surface area contributed by atoms with Gasteiger partial charge in [-0.25, -0.2) is 9.18 Å². The first-order chi connectivity index (χ1) is 19.5. The summed E-state index contributed by atoms with van der Waals surface area (Å²) in [5.74, 6) is -0.149. The third-order valence-electron chi connectivity index (χ3n) is 7.74. The quantitative estimate of drug-likeness (QED) is 0.285. The summed E-state index contributed by atoms with van der Waals surface area (Å²) in [5.41, 5.74) is 9.92. The van der Waals surface area contributed by atoms with Crippen LogP contribution in [0.15, 0.2) is 54.1 Å². The molecule has 1 aliphatic heterocycles. The number of anilines is 2. The van der Waals surface area contributed by atoms with E-state index in [0.717, 1.165) is 11.3 Å². The van der Waals surface area contributed by atoms with E-state index >= 15 is 4.39 Å². The fraction of sp³-hybridized carbons (Fsp3) is 0.323. The maximum Gasteiger partial charge on any atom is 0.354 e. The van der Waals surface area contributed by atoms with E-state index in [-0.39, 0.29) is 29.1 Å². The number of carbonyl (C=O) groups excluding carboxylic acids is 1. The zero-order valence-corrected chi connectivity index (χ0v) is 24.0. The second-order valence-corrected chi connectivity index (χ2v) is 10.8. The third-order valence-corrected chi connectivity index (χ3v) is 7.74. The van der Waals surface area contributed by atoms with E-state index in [9.17, 15) is 9.59 Å². The SMILES string of the molecule is C=CC(=O)N1CCN(c2nc(=O)n(-c3c(C)ccnc3C(C)C)c3c(C)c(-c4c(N)cccc4F)ncc23)[C@@H](C)C1. The molecular formula is C31H34FN7O2. The Hall–Kier alpha value is -4.60. The van der Waals surface area contributed by atoms with E-state index < -0.39 is 11.5 Å². The molecule has 1 fully saturated rings. The summed E-state index contributed by atoms with van der Waals surface area (Å²) >= 11 is 0. The molecule has 1 atom stereocenters. The third kappa shape index (κ3) is 4.73. The van der Waals surface area contributed by atoms with Gasteiger partial charge in [0.05, 0.1) is 33.5 Å². The van der Waals surface area contributed by atoms with Crippen LogP contribution in [0.5, 0.6) is 0 Å². The lowest BCUT2D eigenvalue weighted by atomic mass is 10.00. The lowest BCUT2D eigenvalue weighted by molar-refractivity contribution is -0.126. The number of aryl methyl sites for hydroxylation is 2. The molecule has 0 aliphatic carbocycles. The van der Waals surface area contributed by atoms with Crippen molar-refractivity contribution in [2.75, 3.05) is 30.3 Å². The van der Waals surface area contributed by atoms with Gasteiger partial charge in [-0.15, -0.1) is 0 Å². The maximum absolute atomic E-state index is 15.1. The number of nitrogens with zero attached hydrogens (tertiary/aromatic N) is 6. The number of carbonyl (C=O) groups is 1. The highest BCUT2D eigenvalue weighted by Crippen LogP contribution is 2.37. The van der Waals surface area contributed by atoms with Gasteiger partial charge in [-0.3, -0.25) is 19.3 Å². The average molecular weight is 556 g/mol. The van der Waals surface area contributed by atoms with Crippen LogP contribution in [0.3, 0.4) is 0 Å². The number of benzene rings is 1. The number of aromatic nitrogens is 4. The summed E-state index contributed by atoms with van der Waals surface area (Å²) in [6.07, 6.45) is 4.67. The standard InChI is InChI=1S/C31H34FN7O2/c1-7-24(40)37-13-14-38(19(5)16-37)30-21-15-35-27(25-22(32)9-8-10-23(25)33)20(6)29(21)39(31(41)36-30)28-18(4)11-12-34-26(28)17(2)3/h7-12,15,17,19H,1,13-14,16,33H2,2-6H3/t19-/m0/s1. The van der Waals surface area contributed by atoms with Crippen LogP contribution in [0.25, 0.3) is 27.8 Å². The van der Waals surface area contributed by atoms with Crippen molar-refractivity contribution < 1.29 is 9.18 Å². The van der Waals surface area contributed by atoms with E-state index in [1.807, 2.05) is 45.6 Å². The molecule has 1 aromatic carbocycles. The second-order valence-electron chi connectivity index (χ2n) is 10.8. The van der Waals surface area contributed by atoms with Crippen LogP contribution in [0.1, 0.15) is 43.5 Å². The van der Waals surface area contributed by atoms with Gasteiger partial charge in [0.25, 0.3) is 0 Å². The zero-order chi connectivity index (χ0) is 29.6. The minimum absolute atomic E-state index is 0.0193. The molecule has 4 aromatic rings. The predicted octanol–water partition coefficient (Wildman–Crippen LogP) is 4.53. The van der Waals surface area contributed by atoms with E-state index in [0.29, 0.717) is 53.3 Å². The number of pyridine rings is 2. The Morgan fingerprint density at radius 3 is 2.61 bits per heavy atom. The van der Waals surface area contributed by atoms with Crippen molar-refractivity contribution >= 4 is 28.3 Å². The smallest absolute Gasteiger partial charge is 0.354 e. The Bertz CT molecular complexity index is 1730. The van der Waals surface area contributed by atoms with Crippen molar-refractivity contribution in [3.05, 3.63) is 82.4 Å². The molecule has 9 nitrogen and oxygen atoms in total. The van der Waals surface area contributed by atoms with Crippen molar-refractivity contribution in [2.24, 2.45) is 0 Å². The highest BCUT2D eigenvalue weighted by Gasteiger charge is 2.30. The summed E-state index contributed by atoms with van der Waals surface area (Å²) in [7, 11) is 0. The molecule has 10 heteroatoms. The number of fused-ring (bicyclic) bond motifs is 1. The van der Waals surface area contributed by atoms with Crippen LogP contribution in [0.2, 0.25) is 0 Å². The van der Waals surface area contributed by atoms with E-state index in [4.69, 9.17) is 5.73 Å². The molecule has 2 N–H and O–H groups in total. The summed E-state index contributed by atoms with van der Waals surface area (Å²) < 4.78 is 16.7. The zero-order valence-electron chi connectivity index (χ0n) is 24.0. The number of halogens is 1. The highest BCUT2D eigenvalue weighted by atomic mass is 19.1. The predicted molar refractivity (Wildman–Crippen MR) is 160 cm³/mol. The summed E-state index contributed by atoms with van der Waals surface area (Å²) in [6, 6.07) is 6.25. The molecule has 0 bridgehead atoms. The number of nitrogens with two attached hydrogens (primary N) is 1. The average Bonchev–Trinajstić information content (AvgIpc) is 2.93. The minimum atomic E-state index is -0.500. The first kappa shape index (κ1) is 27.9. The van der Waals surface area contributed by atoms with Gasteiger partial charge in [-0.05, 0) is 56.5 Å². The maximum atomic E-state index is 15.1. The Morgan fingerprint density at radius 2 is 1.95 bits per heavy atom. The minimum Gasteiger partial charge on any atom is -0.398 e. The van der Waals surface area contributed by atoms with Crippen LogP contribution in [0, 0.1) is 19.7 Å². The van der Waals surface area contributed by atoms with Crippen LogP contribution in [0.4, 0.5) is 15.9 Å². The van der Waals surface area contributed by atoms with Crippen molar-refractivity contribution in [3.8, 4) is 16.9 Å². The molecule has 41 heavy (non-hydrogen) atoms. The molecule has 0 saturated carbocycles. The largest absolute Gasteiger partial charge is 0.398 e. The number of rotatable bonds is 5. The molecule has 0 spiro atoms. The number of hydrogen-bond donors (Lipinski definition) is 1. The van der Waals surface area contributed by atoms with Gasteiger partial charge in [-0.2, -0.15) is 4.98 Å². The Labute approximate surface area is 238 Å². The molecule has 0 unspecified atom stereocenters. The van der Waals surface area contributed by atoms with E-state index in [1.54, 1.807) is 34.0 Å². The molecule has 4 heterocycles. The van der Waals surface area contributed by atoms with E-state index in [2.05, 4.69) is 21.5 Å². The topological polar surface area (TPSA) is 110 Å².